The number of methoxy groups -OCH3 is 2. The number of carbonyl (C=O) groups is 3. The Balaban J connectivity index is 2.38. The Morgan fingerprint density at radius 3 is 1.97 bits per heavy atom. The maximum atomic E-state index is 12.2. The standard InChI is InChI=1S/C21H23NO6S/c1-21(2,3)28-19(24)12-7-9-16(15(22)10-12)29-17-11-13(18(23)26-4)6-8-14(17)20(25)27-5/h6-11H,22H2,1-5H3. The van der Waals surface area contributed by atoms with Crippen molar-refractivity contribution in [2.24, 2.45) is 0 Å². The van der Waals surface area contributed by atoms with Gasteiger partial charge in [-0.1, -0.05) is 11.8 Å². The summed E-state index contributed by atoms with van der Waals surface area (Å²) in [5.74, 6) is -1.56. The van der Waals surface area contributed by atoms with Crippen LogP contribution in [-0.2, 0) is 14.2 Å². The summed E-state index contributed by atoms with van der Waals surface area (Å²) < 4.78 is 14.9. The fraction of sp³-hybridized carbons (Fsp3) is 0.286. The highest BCUT2D eigenvalue weighted by Crippen LogP contribution is 2.36. The first-order chi connectivity index (χ1) is 13.6. The van der Waals surface area contributed by atoms with Crippen LogP contribution in [0.5, 0.6) is 0 Å². The SMILES string of the molecule is COC(=O)c1ccc(C(=O)OC)c(Sc2ccc(C(=O)OC(C)(C)C)cc2N)c1. The molecule has 2 aromatic rings. The molecule has 0 aliphatic heterocycles. The first-order valence-electron chi connectivity index (χ1n) is 8.67. The van der Waals surface area contributed by atoms with E-state index in [0.717, 1.165) is 0 Å². The van der Waals surface area contributed by atoms with E-state index in [1.54, 1.807) is 32.9 Å². The van der Waals surface area contributed by atoms with Crippen LogP contribution in [0.15, 0.2) is 46.2 Å². The van der Waals surface area contributed by atoms with Gasteiger partial charge in [0.25, 0.3) is 0 Å². The van der Waals surface area contributed by atoms with Gasteiger partial charge in [0, 0.05) is 15.5 Å². The van der Waals surface area contributed by atoms with Crippen LogP contribution in [0.3, 0.4) is 0 Å². The molecule has 7 nitrogen and oxygen atoms in total. The molecule has 2 rings (SSSR count). The van der Waals surface area contributed by atoms with Crippen LogP contribution >= 0.6 is 11.8 Å². The van der Waals surface area contributed by atoms with Crippen molar-refractivity contribution in [2.75, 3.05) is 20.0 Å². The summed E-state index contributed by atoms with van der Waals surface area (Å²) >= 11 is 1.17. The summed E-state index contributed by atoms with van der Waals surface area (Å²) in [5.41, 5.74) is 6.71. The lowest BCUT2D eigenvalue weighted by atomic mass is 10.1. The summed E-state index contributed by atoms with van der Waals surface area (Å²) in [6.07, 6.45) is 0. The van der Waals surface area contributed by atoms with E-state index < -0.39 is 23.5 Å². The van der Waals surface area contributed by atoms with Crippen LogP contribution in [0, 0.1) is 0 Å². The molecule has 154 valence electrons. The van der Waals surface area contributed by atoms with Crippen molar-refractivity contribution in [3.63, 3.8) is 0 Å². The Bertz CT molecular complexity index is 949. The van der Waals surface area contributed by atoms with E-state index in [2.05, 4.69) is 0 Å². The average molecular weight is 417 g/mol. The minimum absolute atomic E-state index is 0.278. The molecular formula is C21H23NO6S. The van der Waals surface area contributed by atoms with E-state index in [1.807, 2.05) is 0 Å². The van der Waals surface area contributed by atoms with Gasteiger partial charge in [0.05, 0.1) is 30.9 Å². The fourth-order valence-electron chi connectivity index (χ4n) is 2.35. The predicted molar refractivity (Wildman–Crippen MR) is 109 cm³/mol. The van der Waals surface area contributed by atoms with Crippen LogP contribution in [-0.4, -0.2) is 37.7 Å². The zero-order valence-corrected chi connectivity index (χ0v) is 17.7. The van der Waals surface area contributed by atoms with Crippen molar-refractivity contribution in [3.05, 3.63) is 53.1 Å². The van der Waals surface area contributed by atoms with E-state index in [0.29, 0.717) is 21.0 Å². The first-order valence-corrected chi connectivity index (χ1v) is 9.48. The Hall–Kier alpha value is -3.00. The summed E-state index contributed by atoms with van der Waals surface area (Å²) in [7, 11) is 2.55. The number of esters is 3. The quantitative estimate of drug-likeness (QED) is 0.443. The smallest absolute Gasteiger partial charge is 0.339 e. The predicted octanol–water partition coefficient (Wildman–Crippen LogP) is 3.95. The third kappa shape index (κ3) is 5.74. The summed E-state index contributed by atoms with van der Waals surface area (Å²) in [5, 5.41) is 0. The minimum Gasteiger partial charge on any atom is -0.465 e. The molecule has 0 fully saturated rings. The van der Waals surface area contributed by atoms with Gasteiger partial charge in [-0.05, 0) is 57.2 Å². The molecule has 0 radical (unpaired) electrons. The zero-order valence-electron chi connectivity index (χ0n) is 16.9. The lowest BCUT2D eigenvalue weighted by Crippen LogP contribution is -2.23. The van der Waals surface area contributed by atoms with Crippen molar-refractivity contribution in [2.45, 2.75) is 36.2 Å². The topological polar surface area (TPSA) is 105 Å². The highest BCUT2D eigenvalue weighted by Gasteiger charge is 2.20. The Labute approximate surface area is 173 Å². The van der Waals surface area contributed by atoms with Gasteiger partial charge in [0.2, 0.25) is 0 Å². The Morgan fingerprint density at radius 2 is 1.41 bits per heavy atom. The molecule has 0 unspecified atom stereocenters. The highest BCUT2D eigenvalue weighted by molar-refractivity contribution is 7.99. The van der Waals surface area contributed by atoms with Crippen molar-refractivity contribution in [3.8, 4) is 0 Å². The van der Waals surface area contributed by atoms with Gasteiger partial charge in [-0.25, -0.2) is 14.4 Å². The van der Waals surface area contributed by atoms with Crippen LogP contribution in [0.2, 0.25) is 0 Å². The number of nitrogen functional groups attached to an aromatic ring is 1. The van der Waals surface area contributed by atoms with Crippen LogP contribution < -0.4 is 5.73 Å². The molecule has 2 N–H and O–H groups in total. The van der Waals surface area contributed by atoms with Crippen molar-refractivity contribution in [1.82, 2.24) is 0 Å². The number of nitrogens with two attached hydrogens (primary N) is 1. The summed E-state index contributed by atoms with van der Waals surface area (Å²) in [4.78, 5) is 37.2. The van der Waals surface area contributed by atoms with Gasteiger partial charge in [-0.15, -0.1) is 0 Å². The second kappa shape index (κ2) is 9.00. The van der Waals surface area contributed by atoms with E-state index in [1.165, 1.54) is 50.2 Å². The minimum atomic E-state index is -0.622. The molecule has 0 saturated heterocycles. The molecule has 2 aromatic carbocycles. The molecule has 0 bridgehead atoms. The number of rotatable bonds is 5. The van der Waals surface area contributed by atoms with Crippen molar-refractivity contribution < 1.29 is 28.6 Å². The Kier molecular flexibility index (Phi) is 6.92. The van der Waals surface area contributed by atoms with Crippen LogP contribution in [0.4, 0.5) is 5.69 Å². The number of ether oxygens (including phenoxy) is 3. The van der Waals surface area contributed by atoms with E-state index >= 15 is 0 Å². The molecular weight excluding hydrogens is 394 g/mol. The van der Waals surface area contributed by atoms with E-state index in [9.17, 15) is 14.4 Å². The fourth-order valence-corrected chi connectivity index (χ4v) is 3.35. The molecule has 0 saturated carbocycles. The maximum absolute atomic E-state index is 12.2. The average Bonchev–Trinajstić information content (AvgIpc) is 2.66. The van der Waals surface area contributed by atoms with Crippen molar-refractivity contribution >= 4 is 35.4 Å². The van der Waals surface area contributed by atoms with Crippen LogP contribution in [0.1, 0.15) is 51.8 Å². The van der Waals surface area contributed by atoms with E-state index in [-0.39, 0.29) is 11.1 Å². The number of hydrogen-bond acceptors (Lipinski definition) is 8. The normalized spacial score (nSPS) is 10.9. The molecule has 0 aliphatic rings. The zero-order chi connectivity index (χ0) is 21.8. The number of anilines is 1. The van der Waals surface area contributed by atoms with Gasteiger partial charge in [0.1, 0.15) is 5.60 Å². The molecule has 0 atom stereocenters. The monoisotopic (exact) mass is 417 g/mol. The molecule has 0 heterocycles. The molecule has 0 spiro atoms. The van der Waals surface area contributed by atoms with Crippen molar-refractivity contribution in [1.29, 1.82) is 0 Å². The second-order valence-electron chi connectivity index (χ2n) is 7.05. The maximum Gasteiger partial charge on any atom is 0.339 e. The van der Waals surface area contributed by atoms with Crippen LogP contribution in [0.25, 0.3) is 0 Å². The largest absolute Gasteiger partial charge is 0.465 e. The molecule has 0 aliphatic carbocycles. The van der Waals surface area contributed by atoms with Gasteiger partial charge < -0.3 is 19.9 Å². The number of hydrogen-bond donors (Lipinski definition) is 1. The molecule has 0 amide bonds. The third-order valence-electron chi connectivity index (χ3n) is 3.67. The molecule has 29 heavy (non-hydrogen) atoms. The molecule has 8 heteroatoms. The third-order valence-corrected chi connectivity index (χ3v) is 4.82. The lowest BCUT2D eigenvalue weighted by molar-refractivity contribution is 0.00691. The van der Waals surface area contributed by atoms with Gasteiger partial charge in [-0.3, -0.25) is 0 Å². The first kappa shape index (κ1) is 22.3. The van der Waals surface area contributed by atoms with Gasteiger partial charge in [-0.2, -0.15) is 0 Å². The summed E-state index contributed by atoms with van der Waals surface area (Å²) in [6, 6.07) is 9.27. The number of benzene rings is 2. The summed E-state index contributed by atoms with van der Waals surface area (Å²) in [6.45, 7) is 5.34. The highest BCUT2D eigenvalue weighted by atomic mass is 32.2. The second-order valence-corrected chi connectivity index (χ2v) is 8.13. The van der Waals surface area contributed by atoms with Gasteiger partial charge >= 0.3 is 17.9 Å². The molecule has 0 aromatic heterocycles. The lowest BCUT2D eigenvalue weighted by Gasteiger charge is -2.19. The van der Waals surface area contributed by atoms with Gasteiger partial charge in [0.15, 0.2) is 0 Å². The number of carbonyl (C=O) groups excluding carboxylic acids is 3. The van der Waals surface area contributed by atoms with E-state index in [4.69, 9.17) is 19.9 Å². The Morgan fingerprint density at radius 1 is 0.828 bits per heavy atom.